The van der Waals surface area contributed by atoms with Gasteiger partial charge in [-0.3, -0.25) is 0 Å². The molecule has 14 heavy (non-hydrogen) atoms. The summed E-state index contributed by atoms with van der Waals surface area (Å²) in [4.78, 5) is 0. The van der Waals surface area contributed by atoms with Crippen LogP contribution in [0.2, 0.25) is 0 Å². The Morgan fingerprint density at radius 2 is 2.07 bits per heavy atom. The lowest BCUT2D eigenvalue weighted by Crippen LogP contribution is -2.32. The fraction of sp³-hybridized carbons (Fsp3) is 1.00. The molecule has 86 valence electrons. The lowest BCUT2D eigenvalue weighted by Gasteiger charge is -2.16. The van der Waals surface area contributed by atoms with Gasteiger partial charge in [0, 0.05) is 13.2 Å². The maximum absolute atomic E-state index is 5.17. The van der Waals surface area contributed by atoms with Gasteiger partial charge in [-0.25, -0.2) is 0 Å². The van der Waals surface area contributed by atoms with Gasteiger partial charge in [0.1, 0.15) is 0 Å². The van der Waals surface area contributed by atoms with Gasteiger partial charge in [0.25, 0.3) is 0 Å². The Morgan fingerprint density at radius 1 is 1.29 bits per heavy atom. The van der Waals surface area contributed by atoms with E-state index in [0.717, 1.165) is 13.2 Å². The molecule has 0 bridgehead atoms. The van der Waals surface area contributed by atoms with Crippen molar-refractivity contribution in [3.63, 3.8) is 0 Å². The predicted molar refractivity (Wildman–Crippen MR) is 66.2 cm³/mol. The molecule has 0 rings (SSSR count). The van der Waals surface area contributed by atoms with Crippen LogP contribution in [0, 0.1) is 0 Å². The number of rotatable bonds is 10. The number of hydrogen-bond donors (Lipinski definition) is 1. The van der Waals surface area contributed by atoms with E-state index in [-0.39, 0.29) is 0 Å². The van der Waals surface area contributed by atoms with Gasteiger partial charge in [-0.05, 0) is 30.9 Å². The minimum Gasteiger partial charge on any atom is -0.383 e. The van der Waals surface area contributed by atoms with E-state index in [4.69, 9.17) is 4.74 Å². The van der Waals surface area contributed by atoms with Crippen molar-refractivity contribution in [2.45, 2.75) is 39.2 Å². The number of unbranched alkanes of at least 4 members (excludes halogenated alkanes) is 1. The van der Waals surface area contributed by atoms with Crippen molar-refractivity contribution in [1.82, 2.24) is 5.32 Å². The molecule has 0 saturated carbocycles. The van der Waals surface area contributed by atoms with E-state index in [9.17, 15) is 0 Å². The monoisotopic (exact) mass is 219 g/mol. The maximum Gasteiger partial charge on any atom is 0.0615 e. The SMILES string of the molecule is CCNC(CCCCSCC)COC. The summed E-state index contributed by atoms with van der Waals surface area (Å²) in [5.74, 6) is 2.55. The molecule has 0 saturated heterocycles. The van der Waals surface area contributed by atoms with Gasteiger partial charge in [0.05, 0.1) is 6.61 Å². The van der Waals surface area contributed by atoms with Crippen molar-refractivity contribution in [1.29, 1.82) is 0 Å². The number of ether oxygens (including phenoxy) is 1. The Hall–Kier alpha value is 0.270. The molecule has 0 fully saturated rings. The molecule has 1 N–H and O–H groups in total. The van der Waals surface area contributed by atoms with Crippen LogP contribution in [0.5, 0.6) is 0 Å². The molecule has 2 nitrogen and oxygen atoms in total. The second kappa shape index (κ2) is 11.3. The lowest BCUT2D eigenvalue weighted by molar-refractivity contribution is 0.162. The van der Waals surface area contributed by atoms with Crippen LogP contribution in [0.3, 0.4) is 0 Å². The minimum atomic E-state index is 0.552. The van der Waals surface area contributed by atoms with Crippen molar-refractivity contribution in [3.05, 3.63) is 0 Å². The number of hydrogen-bond acceptors (Lipinski definition) is 3. The second-order valence-electron chi connectivity index (χ2n) is 3.40. The first-order valence-electron chi connectivity index (χ1n) is 5.65. The molecular weight excluding hydrogens is 194 g/mol. The predicted octanol–water partition coefficient (Wildman–Crippen LogP) is 2.53. The molecule has 0 aliphatic heterocycles. The van der Waals surface area contributed by atoms with E-state index in [1.54, 1.807) is 7.11 Å². The molecule has 0 aliphatic carbocycles. The zero-order chi connectivity index (χ0) is 10.6. The summed E-state index contributed by atoms with van der Waals surface area (Å²) < 4.78 is 5.17. The van der Waals surface area contributed by atoms with Crippen LogP contribution in [0.4, 0.5) is 0 Å². The standard InChI is InChI=1S/C11H25NOS/c1-4-12-11(10-13-3)8-6-7-9-14-5-2/h11-12H,4-10H2,1-3H3. The largest absolute Gasteiger partial charge is 0.383 e. The Bertz CT molecular complexity index is 105. The van der Waals surface area contributed by atoms with Gasteiger partial charge < -0.3 is 10.1 Å². The molecule has 0 aliphatic rings. The van der Waals surface area contributed by atoms with E-state index in [2.05, 4.69) is 19.2 Å². The molecule has 0 radical (unpaired) electrons. The highest BCUT2D eigenvalue weighted by Gasteiger charge is 2.05. The quantitative estimate of drug-likeness (QED) is 0.571. The number of likely N-dealkylation sites (N-methyl/N-ethyl adjacent to an activating group) is 1. The first-order chi connectivity index (χ1) is 6.85. The van der Waals surface area contributed by atoms with Crippen LogP contribution >= 0.6 is 11.8 Å². The summed E-state index contributed by atoms with van der Waals surface area (Å²) in [5.41, 5.74) is 0. The molecule has 0 aromatic carbocycles. The third-order valence-corrected chi connectivity index (χ3v) is 3.14. The van der Waals surface area contributed by atoms with Crippen molar-refractivity contribution in [2.75, 3.05) is 31.8 Å². The normalized spacial score (nSPS) is 13.1. The topological polar surface area (TPSA) is 21.3 Å². The van der Waals surface area contributed by atoms with E-state index < -0.39 is 0 Å². The number of thioether (sulfide) groups is 1. The summed E-state index contributed by atoms with van der Waals surface area (Å²) in [6.07, 6.45) is 3.89. The highest BCUT2D eigenvalue weighted by atomic mass is 32.2. The minimum absolute atomic E-state index is 0.552. The fourth-order valence-corrected chi connectivity index (χ4v) is 2.17. The molecular formula is C11H25NOS. The number of nitrogens with one attached hydrogen (secondary N) is 1. The van der Waals surface area contributed by atoms with Crippen LogP contribution in [-0.4, -0.2) is 37.8 Å². The van der Waals surface area contributed by atoms with Gasteiger partial charge in [-0.15, -0.1) is 0 Å². The van der Waals surface area contributed by atoms with Crippen LogP contribution < -0.4 is 5.32 Å². The first kappa shape index (κ1) is 14.3. The van der Waals surface area contributed by atoms with Gasteiger partial charge in [-0.1, -0.05) is 20.3 Å². The molecule has 1 atom stereocenters. The van der Waals surface area contributed by atoms with E-state index in [0.29, 0.717) is 6.04 Å². The summed E-state index contributed by atoms with van der Waals surface area (Å²) in [7, 11) is 1.78. The Labute approximate surface area is 93.2 Å². The van der Waals surface area contributed by atoms with Gasteiger partial charge in [0.2, 0.25) is 0 Å². The van der Waals surface area contributed by atoms with Crippen LogP contribution in [0.1, 0.15) is 33.1 Å². The maximum atomic E-state index is 5.17. The number of methoxy groups -OCH3 is 1. The van der Waals surface area contributed by atoms with Crippen molar-refractivity contribution in [2.24, 2.45) is 0 Å². The van der Waals surface area contributed by atoms with E-state index in [1.165, 1.54) is 30.8 Å². The van der Waals surface area contributed by atoms with Crippen LogP contribution in [0.25, 0.3) is 0 Å². The first-order valence-corrected chi connectivity index (χ1v) is 6.80. The Kier molecular flexibility index (Phi) is 11.6. The molecule has 1 unspecified atom stereocenters. The molecule has 0 spiro atoms. The van der Waals surface area contributed by atoms with E-state index >= 15 is 0 Å². The molecule has 0 aromatic rings. The van der Waals surface area contributed by atoms with Crippen LogP contribution in [-0.2, 0) is 4.74 Å². The third kappa shape index (κ3) is 8.85. The summed E-state index contributed by atoms with van der Waals surface area (Å²) >= 11 is 2.03. The van der Waals surface area contributed by atoms with Gasteiger partial charge >= 0.3 is 0 Å². The van der Waals surface area contributed by atoms with Crippen molar-refractivity contribution < 1.29 is 4.74 Å². The molecule has 3 heteroatoms. The van der Waals surface area contributed by atoms with Gasteiger partial charge in [0.15, 0.2) is 0 Å². The smallest absolute Gasteiger partial charge is 0.0615 e. The summed E-state index contributed by atoms with van der Waals surface area (Å²) in [5, 5.41) is 3.44. The van der Waals surface area contributed by atoms with Crippen molar-refractivity contribution in [3.8, 4) is 0 Å². The second-order valence-corrected chi connectivity index (χ2v) is 4.80. The molecule has 0 heterocycles. The third-order valence-electron chi connectivity index (χ3n) is 2.16. The Balaban J connectivity index is 3.30. The van der Waals surface area contributed by atoms with Crippen LogP contribution in [0.15, 0.2) is 0 Å². The van der Waals surface area contributed by atoms with Gasteiger partial charge in [-0.2, -0.15) is 11.8 Å². The highest BCUT2D eigenvalue weighted by molar-refractivity contribution is 7.99. The average Bonchev–Trinajstić information content (AvgIpc) is 2.18. The zero-order valence-electron chi connectivity index (χ0n) is 9.84. The lowest BCUT2D eigenvalue weighted by atomic mass is 10.1. The fourth-order valence-electron chi connectivity index (χ4n) is 1.47. The highest BCUT2D eigenvalue weighted by Crippen LogP contribution is 2.07. The Morgan fingerprint density at radius 3 is 2.64 bits per heavy atom. The average molecular weight is 219 g/mol. The van der Waals surface area contributed by atoms with E-state index in [1.807, 2.05) is 11.8 Å². The summed E-state index contributed by atoms with van der Waals surface area (Å²) in [6, 6.07) is 0.552. The zero-order valence-corrected chi connectivity index (χ0v) is 10.7. The molecule has 0 amide bonds. The molecule has 0 aromatic heterocycles. The van der Waals surface area contributed by atoms with Crippen molar-refractivity contribution >= 4 is 11.8 Å². The summed E-state index contributed by atoms with van der Waals surface area (Å²) in [6.45, 7) is 6.25.